The third-order valence-corrected chi connectivity index (χ3v) is 7.01. The van der Waals surface area contributed by atoms with Crippen molar-refractivity contribution in [3.05, 3.63) is 95.3 Å². The molecule has 0 fully saturated rings. The van der Waals surface area contributed by atoms with E-state index in [2.05, 4.69) is 11.4 Å². The molecule has 0 saturated carbocycles. The second-order valence-electron chi connectivity index (χ2n) is 8.35. The fraction of sp³-hybridized carbons (Fsp3) is 0.269. The van der Waals surface area contributed by atoms with Crippen LogP contribution in [-0.4, -0.2) is 27.2 Å². The lowest BCUT2D eigenvalue weighted by Gasteiger charge is -2.26. The van der Waals surface area contributed by atoms with Crippen molar-refractivity contribution in [3.63, 3.8) is 0 Å². The Morgan fingerprint density at radius 3 is 2.50 bits per heavy atom. The topological polar surface area (TPSA) is 75.7 Å². The summed E-state index contributed by atoms with van der Waals surface area (Å²) < 4.78 is 45.5. The molecular weight excluding hydrogens is 455 g/mol. The summed E-state index contributed by atoms with van der Waals surface area (Å²) >= 11 is 0. The van der Waals surface area contributed by atoms with E-state index in [9.17, 15) is 17.6 Å². The molecule has 3 aromatic carbocycles. The molecule has 178 valence electrons. The van der Waals surface area contributed by atoms with Gasteiger partial charge in [0.2, 0.25) is 10.0 Å². The van der Waals surface area contributed by atoms with Gasteiger partial charge in [0.05, 0.1) is 24.5 Å². The number of hydrogen-bond acceptors (Lipinski definition) is 4. The summed E-state index contributed by atoms with van der Waals surface area (Å²) in [4.78, 5) is 12.5. The van der Waals surface area contributed by atoms with Crippen molar-refractivity contribution >= 4 is 21.6 Å². The lowest BCUT2D eigenvalue weighted by Crippen LogP contribution is -2.34. The number of carbonyl (C=O) groups is 1. The maximum absolute atomic E-state index is 14.1. The van der Waals surface area contributed by atoms with Crippen molar-refractivity contribution in [3.8, 4) is 5.75 Å². The summed E-state index contributed by atoms with van der Waals surface area (Å²) in [5, 5.41) is 3.04. The van der Waals surface area contributed by atoms with Crippen molar-refractivity contribution in [1.29, 1.82) is 0 Å². The summed E-state index contributed by atoms with van der Waals surface area (Å²) in [6.07, 6.45) is 4.01. The van der Waals surface area contributed by atoms with Gasteiger partial charge in [-0.1, -0.05) is 42.5 Å². The number of benzene rings is 3. The van der Waals surface area contributed by atoms with Crippen LogP contribution < -0.4 is 14.4 Å². The molecule has 1 atom stereocenters. The first kappa shape index (κ1) is 23.8. The molecule has 3 aromatic rings. The number of anilines is 1. The maximum Gasteiger partial charge on any atom is 0.258 e. The number of rotatable bonds is 8. The normalized spacial score (nSPS) is 15.3. The molecule has 1 aliphatic carbocycles. The van der Waals surface area contributed by atoms with Crippen molar-refractivity contribution in [2.75, 3.05) is 17.2 Å². The van der Waals surface area contributed by atoms with Gasteiger partial charge in [-0.3, -0.25) is 9.10 Å². The molecule has 0 unspecified atom stereocenters. The van der Waals surface area contributed by atoms with Crippen LogP contribution in [0, 0.1) is 5.82 Å². The molecule has 0 saturated heterocycles. The van der Waals surface area contributed by atoms with Gasteiger partial charge in [0.15, 0.2) is 6.61 Å². The molecule has 6 nitrogen and oxygen atoms in total. The number of nitrogens with one attached hydrogen (secondary N) is 1. The Kier molecular flexibility index (Phi) is 7.17. The van der Waals surface area contributed by atoms with E-state index in [1.165, 1.54) is 11.6 Å². The van der Waals surface area contributed by atoms with Gasteiger partial charge in [-0.2, -0.15) is 0 Å². The zero-order chi connectivity index (χ0) is 24.1. The average molecular weight is 483 g/mol. The van der Waals surface area contributed by atoms with Crippen LogP contribution >= 0.6 is 0 Å². The van der Waals surface area contributed by atoms with Crippen LogP contribution in [0.3, 0.4) is 0 Å². The molecule has 4 rings (SSSR count). The average Bonchev–Trinajstić information content (AvgIpc) is 2.82. The fourth-order valence-electron chi connectivity index (χ4n) is 4.18. The van der Waals surface area contributed by atoms with E-state index in [0.29, 0.717) is 11.4 Å². The molecule has 8 heteroatoms. The van der Waals surface area contributed by atoms with Crippen molar-refractivity contribution in [2.24, 2.45) is 0 Å². The Bertz CT molecular complexity index is 1260. The fourth-order valence-corrected chi connectivity index (χ4v) is 5.06. The summed E-state index contributed by atoms with van der Waals surface area (Å²) in [5.74, 6) is -0.256. The minimum absolute atomic E-state index is 0.0230. The van der Waals surface area contributed by atoms with E-state index in [0.717, 1.165) is 35.4 Å². The first-order valence-electron chi connectivity index (χ1n) is 11.1. The number of ether oxygens (including phenoxy) is 1. The van der Waals surface area contributed by atoms with Gasteiger partial charge in [0.1, 0.15) is 11.6 Å². The first-order valence-corrected chi connectivity index (χ1v) is 13.0. The van der Waals surface area contributed by atoms with Crippen molar-refractivity contribution < 1.29 is 22.3 Å². The highest BCUT2D eigenvalue weighted by Gasteiger charge is 2.22. The van der Waals surface area contributed by atoms with Crippen LogP contribution in [0.25, 0.3) is 0 Å². The molecule has 1 N–H and O–H groups in total. The van der Waals surface area contributed by atoms with E-state index >= 15 is 0 Å². The molecule has 0 aromatic heterocycles. The summed E-state index contributed by atoms with van der Waals surface area (Å²) in [5.41, 5.74) is 3.07. The van der Waals surface area contributed by atoms with Gasteiger partial charge in [-0.15, -0.1) is 0 Å². The van der Waals surface area contributed by atoms with Crippen LogP contribution in [0.4, 0.5) is 10.1 Å². The van der Waals surface area contributed by atoms with Crippen LogP contribution in [0.15, 0.2) is 72.8 Å². The summed E-state index contributed by atoms with van der Waals surface area (Å²) in [7, 11) is -3.65. The number of aryl methyl sites for hydroxylation is 1. The largest absolute Gasteiger partial charge is 0.484 e. The number of halogens is 1. The number of carbonyl (C=O) groups excluding carboxylic acids is 1. The molecule has 0 aliphatic heterocycles. The summed E-state index contributed by atoms with van der Waals surface area (Å²) in [6, 6.07) is 20.5. The highest BCUT2D eigenvalue weighted by Crippen LogP contribution is 2.29. The zero-order valence-electron chi connectivity index (χ0n) is 18.9. The lowest BCUT2D eigenvalue weighted by atomic mass is 9.88. The Morgan fingerprint density at radius 1 is 1.06 bits per heavy atom. The minimum atomic E-state index is -3.65. The molecule has 1 amide bonds. The third kappa shape index (κ3) is 5.75. The minimum Gasteiger partial charge on any atom is -0.484 e. The van der Waals surface area contributed by atoms with Gasteiger partial charge in [-0.25, -0.2) is 12.8 Å². The van der Waals surface area contributed by atoms with Crippen LogP contribution in [0.2, 0.25) is 0 Å². The Hall–Kier alpha value is -3.39. The molecule has 34 heavy (non-hydrogen) atoms. The second kappa shape index (κ2) is 10.3. The third-order valence-electron chi connectivity index (χ3n) is 5.87. The number of amides is 1. The van der Waals surface area contributed by atoms with E-state index in [-0.39, 0.29) is 30.7 Å². The van der Waals surface area contributed by atoms with Gasteiger partial charge in [-0.05, 0) is 60.7 Å². The highest BCUT2D eigenvalue weighted by atomic mass is 32.2. The molecular formula is C26H27FN2O4S. The predicted molar refractivity (Wildman–Crippen MR) is 130 cm³/mol. The maximum atomic E-state index is 14.1. The van der Waals surface area contributed by atoms with Crippen LogP contribution in [0.1, 0.15) is 35.6 Å². The van der Waals surface area contributed by atoms with Gasteiger partial charge >= 0.3 is 0 Å². The highest BCUT2D eigenvalue weighted by molar-refractivity contribution is 7.92. The molecule has 0 radical (unpaired) electrons. The Morgan fingerprint density at radius 2 is 1.76 bits per heavy atom. The van der Waals surface area contributed by atoms with E-state index in [4.69, 9.17) is 4.74 Å². The van der Waals surface area contributed by atoms with Gasteiger partial charge in [0.25, 0.3) is 5.91 Å². The monoisotopic (exact) mass is 482 g/mol. The van der Waals surface area contributed by atoms with E-state index in [1.807, 2.05) is 18.2 Å². The summed E-state index contributed by atoms with van der Waals surface area (Å²) in [6.45, 7) is -0.278. The predicted octanol–water partition coefficient (Wildman–Crippen LogP) is 4.36. The molecule has 0 heterocycles. The van der Waals surface area contributed by atoms with Gasteiger partial charge < -0.3 is 10.1 Å². The lowest BCUT2D eigenvalue weighted by molar-refractivity contribution is -0.123. The van der Waals surface area contributed by atoms with Crippen molar-refractivity contribution in [1.82, 2.24) is 5.32 Å². The SMILES string of the molecule is CS(=O)(=O)N(Cc1ccccc1F)c1ccc(OCC(=O)N[C@@H]2CCCc3ccccc32)cc1. The molecule has 0 spiro atoms. The van der Waals surface area contributed by atoms with Crippen molar-refractivity contribution in [2.45, 2.75) is 31.8 Å². The van der Waals surface area contributed by atoms with Crippen LogP contribution in [-0.2, 0) is 27.8 Å². The quantitative estimate of drug-likeness (QED) is 0.518. The van der Waals surface area contributed by atoms with Crippen LogP contribution in [0.5, 0.6) is 5.75 Å². The number of nitrogens with zero attached hydrogens (tertiary/aromatic N) is 1. The Balaban J connectivity index is 1.38. The number of sulfonamides is 1. The first-order chi connectivity index (χ1) is 16.3. The van der Waals surface area contributed by atoms with E-state index < -0.39 is 15.8 Å². The van der Waals surface area contributed by atoms with Gasteiger partial charge in [0, 0.05) is 5.56 Å². The standard InChI is InChI=1S/C26H27FN2O4S/c1-34(31,32)29(17-20-8-3-5-11-24(20)27)21-13-15-22(16-14-21)33-18-26(30)28-25-12-6-9-19-7-2-4-10-23(19)25/h2-5,7-8,10-11,13-16,25H,6,9,12,17-18H2,1H3,(H,28,30)/t25-/m1/s1. The molecule has 0 bridgehead atoms. The smallest absolute Gasteiger partial charge is 0.258 e. The number of hydrogen-bond donors (Lipinski definition) is 1. The second-order valence-corrected chi connectivity index (χ2v) is 10.3. The Labute approximate surface area is 199 Å². The van der Waals surface area contributed by atoms with E-state index in [1.54, 1.807) is 42.5 Å². The zero-order valence-corrected chi connectivity index (χ0v) is 19.7. The number of fused-ring (bicyclic) bond motifs is 1. The molecule has 1 aliphatic rings.